The molecule has 0 aliphatic rings. The molecule has 0 fully saturated rings. The van der Waals surface area contributed by atoms with Crippen LogP contribution in [0.1, 0.15) is 11.1 Å². The predicted molar refractivity (Wildman–Crippen MR) is 115 cm³/mol. The molecule has 29 heavy (non-hydrogen) atoms. The van der Waals surface area contributed by atoms with Crippen molar-refractivity contribution in [3.8, 4) is 28.5 Å². The lowest BCUT2D eigenvalue weighted by atomic mass is 9.96. The van der Waals surface area contributed by atoms with Crippen molar-refractivity contribution >= 4 is 21.9 Å². The van der Waals surface area contributed by atoms with Gasteiger partial charge in [0.2, 0.25) is 5.69 Å². The first-order chi connectivity index (χ1) is 14.2. The number of benzene rings is 3. The van der Waals surface area contributed by atoms with Crippen molar-refractivity contribution in [2.75, 3.05) is 0 Å². The lowest BCUT2D eigenvalue weighted by Gasteiger charge is -2.04. The first-order valence-electron chi connectivity index (χ1n) is 9.58. The quantitative estimate of drug-likeness (QED) is 0.359. The number of fused-ring (bicyclic) bond motifs is 3. The summed E-state index contributed by atoms with van der Waals surface area (Å²) in [6.07, 6.45) is 2.03. The second kappa shape index (κ2) is 6.61. The van der Waals surface area contributed by atoms with Gasteiger partial charge >= 0.3 is 0 Å². The molecule has 0 spiro atoms. The van der Waals surface area contributed by atoms with Gasteiger partial charge in [0.1, 0.15) is 24.3 Å². The van der Waals surface area contributed by atoms with E-state index in [4.69, 9.17) is 4.42 Å². The highest BCUT2D eigenvalue weighted by atomic mass is 16.3. The number of pyridine rings is 1. The zero-order valence-corrected chi connectivity index (χ0v) is 16.3. The number of rotatable bonds is 2. The minimum atomic E-state index is 0.575. The molecule has 0 bridgehead atoms. The Bertz CT molecular complexity index is 1420. The number of hydrogen-bond donors (Lipinski definition) is 0. The van der Waals surface area contributed by atoms with E-state index >= 15 is 0 Å². The summed E-state index contributed by atoms with van der Waals surface area (Å²) in [5, 5.41) is 12.0. The van der Waals surface area contributed by atoms with Crippen LogP contribution in [0.4, 0.5) is 0 Å². The van der Waals surface area contributed by atoms with Gasteiger partial charge in [-0.25, -0.2) is 4.57 Å². The second-order valence-electron chi connectivity index (χ2n) is 7.28. The van der Waals surface area contributed by atoms with Crippen LogP contribution in [-0.2, 0) is 7.05 Å². The Labute approximate surface area is 169 Å². The molecule has 0 unspecified atom stereocenters. The fourth-order valence-corrected chi connectivity index (χ4v) is 4.07. The largest absolute Gasteiger partial charge is 0.454 e. The number of nitrogens with zero attached hydrogens (tertiary/aromatic N) is 2. The van der Waals surface area contributed by atoms with Crippen molar-refractivity contribution in [2.24, 2.45) is 7.05 Å². The summed E-state index contributed by atoms with van der Waals surface area (Å²) in [5.74, 6) is 0. The Morgan fingerprint density at radius 3 is 2.31 bits per heavy atom. The van der Waals surface area contributed by atoms with Crippen molar-refractivity contribution in [1.82, 2.24) is 0 Å². The number of nitriles is 1. The van der Waals surface area contributed by atoms with Crippen molar-refractivity contribution < 1.29 is 8.98 Å². The van der Waals surface area contributed by atoms with Gasteiger partial charge in [-0.15, -0.1) is 0 Å². The average molecular weight is 375 g/mol. The van der Waals surface area contributed by atoms with Crippen molar-refractivity contribution in [2.45, 2.75) is 6.92 Å². The third-order valence-electron chi connectivity index (χ3n) is 5.53. The molecule has 2 heterocycles. The SMILES string of the molecule is Cc1ccc2c(oc3c(C#N)c(-c4ccccc4)ccc32)c1-c1cccc[n+]1C. The zero-order valence-electron chi connectivity index (χ0n) is 16.3. The summed E-state index contributed by atoms with van der Waals surface area (Å²) in [4.78, 5) is 0. The number of aromatic nitrogens is 1. The third-order valence-corrected chi connectivity index (χ3v) is 5.53. The molecule has 138 valence electrons. The highest BCUT2D eigenvalue weighted by Gasteiger charge is 2.22. The molecule has 0 atom stereocenters. The molecule has 0 N–H and O–H groups in total. The predicted octanol–water partition coefficient (Wildman–Crippen LogP) is 5.92. The summed E-state index contributed by atoms with van der Waals surface area (Å²) in [7, 11) is 2.03. The number of furan rings is 1. The number of hydrogen-bond acceptors (Lipinski definition) is 2. The van der Waals surface area contributed by atoms with E-state index in [0.29, 0.717) is 11.1 Å². The third kappa shape index (κ3) is 2.61. The van der Waals surface area contributed by atoms with Crippen LogP contribution >= 0.6 is 0 Å². The lowest BCUT2D eigenvalue weighted by Crippen LogP contribution is -2.30. The van der Waals surface area contributed by atoms with Gasteiger partial charge in [-0.05, 0) is 30.2 Å². The standard InChI is InChI=1S/C26H19N2O/c1-17-11-12-21-20-14-13-19(18-8-4-3-5-9-18)22(16-27)25(20)29-26(21)24(17)23-10-6-7-15-28(23)2/h3-15H,1-2H3/q+1. The molecule has 0 radical (unpaired) electrons. The normalized spacial score (nSPS) is 11.1. The van der Waals surface area contributed by atoms with Crippen LogP contribution in [0, 0.1) is 18.3 Å². The molecule has 3 heteroatoms. The van der Waals surface area contributed by atoms with E-state index in [9.17, 15) is 5.26 Å². The molecule has 5 aromatic rings. The van der Waals surface area contributed by atoms with E-state index in [1.165, 1.54) is 0 Å². The van der Waals surface area contributed by atoms with Gasteiger partial charge in [0.15, 0.2) is 11.8 Å². The fraction of sp³-hybridized carbons (Fsp3) is 0.0769. The van der Waals surface area contributed by atoms with Crippen molar-refractivity contribution in [1.29, 1.82) is 5.26 Å². The summed E-state index contributed by atoms with van der Waals surface area (Å²) >= 11 is 0. The highest BCUT2D eigenvalue weighted by Crippen LogP contribution is 2.40. The maximum atomic E-state index is 9.97. The van der Waals surface area contributed by atoms with Gasteiger partial charge in [-0.3, -0.25) is 0 Å². The monoisotopic (exact) mass is 375 g/mol. The van der Waals surface area contributed by atoms with Gasteiger partial charge in [-0.1, -0.05) is 48.5 Å². The topological polar surface area (TPSA) is 40.8 Å². The van der Waals surface area contributed by atoms with Crippen LogP contribution in [0.5, 0.6) is 0 Å². The first kappa shape index (κ1) is 17.2. The highest BCUT2D eigenvalue weighted by molar-refractivity contribution is 6.12. The van der Waals surface area contributed by atoms with Crippen LogP contribution < -0.4 is 4.57 Å². The van der Waals surface area contributed by atoms with Crippen molar-refractivity contribution in [3.63, 3.8) is 0 Å². The van der Waals surface area contributed by atoms with E-state index in [-0.39, 0.29) is 0 Å². The molecular formula is C26H19N2O+. The minimum absolute atomic E-state index is 0.575. The molecule has 0 saturated carbocycles. The van der Waals surface area contributed by atoms with Gasteiger partial charge in [-0.2, -0.15) is 5.26 Å². The van der Waals surface area contributed by atoms with E-state index in [0.717, 1.165) is 44.3 Å². The Morgan fingerprint density at radius 1 is 0.828 bits per heavy atom. The first-order valence-corrected chi connectivity index (χ1v) is 9.58. The van der Waals surface area contributed by atoms with Gasteiger partial charge in [0, 0.05) is 28.5 Å². The second-order valence-corrected chi connectivity index (χ2v) is 7.28. The molecule has 3 aromatic carbocycles. The average Bonchev–Trinajstić information content (AvgIpc) is 3.13. The fourth-order valence-electron chi connectivity index (χ4n) is 4.07. The zero-order chi connectivity index (χ0) is 20.0. The van der Waals surface area contributed by atoms with E-state index in [1.807, 2.05) is 61.8 Å². The Hall–Kier alpha value is -3.90. The molecule has 0 aliphatic heterocycles. The van der Waals surface area contributed by atoms with E-state index in [1.54, 1.807) is 0 Å². The van der Waals surface area contributed by atoms with Crippen molar-refractivity contribution in [3.05, 3.63) is 90.1 Å². The van der Waals surface area contributed by atoms with Gasteiger partial charge in [0.25, 0.3) is 0 Å². The molecule has 0 saturated heterocycles. The summed E-state index contributed by atoms with van der Waals surface area (Å²) in [6.45, 7) is 2.09. The Kier molecular flexibility index (Phi) is 3.93. The van der Waals surface area contributed by atoms with E-state index in [2.05, 4.69) is 41.8 Å². The van der Waals surface area contributed by atoms with Gasteiger partial charge in [0.05, 0.1) is 5.56 Å². The van der Waals surface area contributed by atoms with E-state index < -0.39 is 0 Å². The molecule has 3 nitrogen and oxygen atoms in total. The van der Waals surface area contributed by atoms with Crippen LogP contribution in [-0.4, -0.2) is 0 Å². The molecule has 0 aliphatic carbocycles. The van der Waals surface area contributed by atoms with Crippen LogP contribution in [0.15, 0.2) is 83.4 Å². The smallest absolute Gasteiger partial charge is 0.216 e. The maximum absolute atomic E-state index is 9.97. The van der Waals surface area contributed by atoms with Gasteiger partial charge < -0.3 is 4.42 Å². The summed E-state index contributed by atoms with van der Waals surface area (Å²) in [6, 6.07) is 26.8. The lowest BCUT2D eigenvalue weighted by molar-refractivity contribution is -0.660. The summed E-state index contributed by atoms with van der Waals surface area (Å²) in [5.41, 5.74) is 7.23. The molecule has 0 amide bonds. The Morgan fingerprint density at radius 2 is 1.55 bits per heavy atom. The maximum Gasteiger partial charge on any atom is 0.216 e. The number of aryl methyl sites for hydroxylation is 2. The van der Waals surface area contributed by atoms with Crippen LogP contribution in [0.2, 0.25) is 0 Å². The van der Waals surface area contributed by atoms with Crippen LogP contribution in [0.3, 0.4) is 0 Å². The van der Waals surface area contributed by atoms with Crippen LogP contribution in [0.25, 0.3) is 44.3 Å². The molecular weight excluding hydrogens is 356 g/mol. The molecule has 2 aromatic heterocycles. The summed E-state index contributed by atoms with van der Waals surface area (Å²) < 4.78 is 8.51. The Balaban J connectivity index is 1.88. The minimum Gasteiger partial charge on any atom is -0.454 e. The molecule has 5 rings (SSSR count).